The number of aromatic nitrogens is 1. The zero-order valence-electron chi connectivity index (χ0n) is 12.0. The number of hydrogen-bond acceptors (Lipinski definition) is 4. The van der Waals surface area contributed by atoms with Crippen LogP contribution in [0.25, 0.3) is 0 Å². The van der Waals surface area contributed by atoms with Crippen LogP contribution in [-0.4, -0.2) is 37.2 Å². The highest BCUT2D eigenvalue weighted by Gasteiger charge is 2.12. The molecule has 1 aliphatic rings. The standard InChI is InChI=1S/C16H16BrN3O2/c17-13-3-1-2-12(10-13)16(21)19-15-5-4-14(11-18-15)20-6-8-22-9-7-20/h1-5,10-11H,6-9H2,(H,18,19,21). The maximum absolute atomic E-state index is 12.2. The third kappa shape index (κ3) is 3.64. The summed E-state index contributed by atoms with van der Waals surface area (Å²) in [6.07, 6.45) is 1.78. The summed E-state index contributed by atoms with van der Waals surface area (Å²) < 4.78 is 6.20. The number of morpholine rings is 1. The molecule has 1 fully saturated rings. The monoisotopic (exact) mass is 361 g/mol. The minimum absolute atomic E-state index is 0.173. The van der Waals surface area contributed by atoms with E-state index >= 15 is 0 Å². The van der Waals surface area contributed by atoms with Crippen LogP contribution in [0.1, 0.15) is 10.4 Å². The number of nitrogens with zero attached hydrogens (tertiary/aromatic N) is 2. The second kappa shape index (κ2) is 6.89. The molecular weight excluding hydrogens is 346 g/mol. The van der Waals surface area contributed by atoms with Crippen molar-refractivity contribution in [3.63, 3.8) is 0 Å². The first-order valence-electron chi connectivity index (χ1n) is 7.08. The highest BCUT2D eigenvalue weighted by molar-refractivity contribution is 9.10. The molecule has 114 valence electrons. The van der Waals surface area contributed by atoms with E-state index in [9.17, 15) is 4.79 Å². The highest BCUT2D eigenvalue weighted by Crippen LogP contribution is 2.17. The third-order valence-corrected chi connectivity index (χ3v) is 3.95. The number of benzene rings is 1. The van der Waals surface area contributed by atoms with E-state index in [1.54, 1.807) is 18.3 Å². The Bertz CT molecular complexity index is 655. The molecule has 2 aromatic rings. The summed E-state index contributed by atoms with van der Waals surface area (Å²) in [5, 5.41) is 2.80. The fourth-order valence-corrected chi connectivity index (χ4v) is 2.69. The van der Waals surface area contributed by atoms with Gasteiger partial charge in [-0.05, 0) is 30.3 Å². The van der Waals surface area contributed by atoms with Crippen LogP contribution < -0.4 is 10.2 Å². The Morgan fingerprint density at radius 2 is 2.05 bits per heavy atom. The zero-order valence-corrected chi connectivity index (χ0v) is 13.5. The maximum atomic E-state index is 12.2. The molecule has 2 heterocycles. The lowest BCUT2D eigenvalue weighted by atomic mass is 10.2. The summed E-state index contributed by atoms with van der Waals surface area (Å²) in [6.45, 7) is 3.21. The van der Waals surface area contributed by atoms with E-state index in [-0.39, 0.29) is 5.91 Å². The molecule has 0 atom stereocenters. The van der Waals surface area contributed by atoms with Gasteiger partial charge in [0.25, 0.3) is 5.91 Å². The van der Waals surface area contributed by atoms with Gasteiger partial charge in [-0.1, -0.05) is 22.0 Å². The molecule has 1 saturated heterocycles. The Labute approximate surface area is 137 Å². The first-order chi connectivity index (χ1) is 10.7. The lowest BCUT2D eigenvalue weighted by molar-refractivity contribution is 0.102. The molecular formula is C16H16BrN3O2. The smallest absolute Gasteiger partial charge is 0.256 e. The van der Waals surface area contributed by atoms with Crippen molar-refractivity contribution in [1.29, 1.82) is 0 Å². The number of nitrogens with one attached hydrogen (secondary N) is 1. The largest absolute Gasteiger partial charge is 0.378 e. The first-order valence-corrected chi connectivity index (χ1v) is 7.87. The average Bonchev–Trinajstić information content (AvgIpc) is 2.56. The van der Waals surface area contributed by atoms with E-state index in [1.165, 1.54) is 0 Å². The van der Waals surface area contributed by atoms with Crippen molar-refractivity contribution in [2.24, 2.45) is 0 Å². The van der Waals surface area contributed by atoms with Crippen LogP contribution in [0.3, 0.4) is 0 Å². The van der Waals surface area contributed by atoms with Gasteiger partial charge in [-0.3, -0.25) is 4.79 Å². The van der Waals surface area contributed by atoms with Gasteiger partial charge in [-0.15, -0.1) is 0 Å². The second-order valence-corrected chi connectivity index (χ2v) is 5.88. The van der Waals surface area contributed by atoms with E-state index in [4.69, 9.17) is 4.74 Å². The highest BCUT2D eigenvalue weighted by atomic mass is 79.9. The normalized spacial score (nSPS) is 14.7. The van der Waals surface area contributed by atoms with Gasteiger partial charge in [-0.25, -0.2) is 4.98 Å². The van der Waals surface area contributed by atoms with Gasteiger partial charge >= 0.3 is 0 Å². The minimum Gasteiger partial charge on any atom is -0.378 e. The first kappa shape index (κ1) is 15.0. The van der Waals surface area contributed by atoms with Gasteiger partial charge in [0.05, 0.1) is 25.1 Å². The van der Waals surface area contributed by atoms with Crippen molar-refractivity contribution in [2.75, 3.05) is 36.5 Å². The molecule has 5 nitrogen and oxygen atoms in total. The van der Waals surface area contributed by atoms with E-state index in [0.717, 1.165) is 36.5 Å². The number of hydrogen-bond donors (Lipinski definition) is 1. The number of ether oxygens (including phenoxy) is 1. The number of halogens is 1. The molecule has 0 aliphatic carbocycles. The lowest BCUT2D eigenvalue weighted by Crippen LogP contribution is -2.36. The van der Waals surface area contributed by atoms with Crippen LogP contribution in [0.4, 0.5) is 11.5 Å². The summed E-state index contributed by atoms with van der Waals surface area (Å²) in [6, 6.07) is 11.0. The van der Waals surface area contributed by atoms with E-state index in [1.807, 2.05) is 24.3 Å². The maximum Gasteiger partial charge on any atom is 0.256 e. The summed E-state index contributed by atoms with van der Waals surface area (Å²) in [7, 11) is 0. The average molecular weight is 362 g/mol. The van der Waals surface area contributed by atoms with Gasteiger partial charge in [-0.2, -0.15) is 0 Å². The molecule has 1 aliphatic heterocycles. The van der Waals surface area contributed by atoms with Gasteiger partial charge in [0, 0.05) is 23.1 Å². The second-order valence-electron chi connectivity index (χ2n) is 4.97. The van der Waals surface area contributed by atoms with Crippen molar-refractivity contribution < 1.29 is 9.53 Å². The van der Waals surface area contributed by atoms with Gasteiger partial charge in [0.1, 0.15) is 5.82 Å². The number of carbonyl (C=O) groups excluding carboxylic acids is 1. The van der Waals surface area contributed by atoms with Crippen molar-refractivity contribution in [3.05, 3.63) is 52.6 Å². The molecule has 22 heavy (non-hydrogen) atoms. The fourth-order valence-electron chi connectivity index (χ4n) is 2.29. The number of rotatable bonds is 3. The summed E-state index contributed by atoms with van der Waals surface area (Å²) in [5.74, 6) is 0.370. The molecule has 3 rings (SSSR count). The minimum atomic E-state index is -0.173. The summed E-state index contributed by atoms with van der Waals surface area (Å²) in [5.41, 5.74) is 1.64. The molecule has 1 aromatic heterocycles. The molecule has 0 bridgehead atoms. The Balaban J connectivity index is 1.66. The summed E-state index contributed by atoms with van der Waals surface area (Å²) >= 11 is 3.36. The van der Waals surface area contributed by atoms with Crippen LogP contribution in [0.5, 0.6) is 0 Å². The SMILES string of the molecule is O=C(Nc1ccc(N2CCOCC2)cn1)c1cccc(Br)c1. The zero-order chi connectivity index (χ0) is 15.4. The Hall–Kier alpha value is -1.92. The fraction of sp³-hybridized carbons (Fsp3) is 0.250. The number of carbonyl (C=O) groups is 1. The molecule has 1 N–H and O–H groups in total. The van der Waals surface area contributed by atoms with Gasteiger partial charge in [0.2, 0.25) is 0 Å². The van der Waals surface area contributed by atoms with E-state index in [2.05, 4.69) is 31.1 Å². The Kier molecular flexibility index (Phi) is 4.70. The number of amides is 1. The number of anilines is 2. The van der Waals surface area contributed by atoms with Crippen LogP contribution in [0, 0.1) is 0 Å². The van der Waals surface area contributed by atoms with E-state index in [0.29, 0.717) is 11.4 Å². The quantitative estimate of drug-likeness (QED) is 0.912. The Morgan fingerprint density at radius 1 is 1.23 bits per heavy atom. The molecule has 6 heteroatoms. The van der Waals surface area contributed by atoms with Crippen molar-refractivity contribution in [1.82, 2.24) is 4.98 Å². The Morgan fingerprint density at radius 3 is 2.73 bits per heavy atom. The van der Waals surface area contributed by atoms with Gasteiger partial charge in [0.15, 0.2) is 0 Å². The van der Waals surface area contributed by atoms with Crippen molar-refractivity contribution >= 4 is 33.3 Å². The van der Waals surface area contributed by atoms with Crippen LogP contribution in [0.15, 0.2) is 47.1 Å². The van der Waals surface area contributed by atoms with Crippen LogP contribution >= 0.6 is 15.9 Å². The predicted octanol–water partition coefficient (Wildman–Crippen LogP) is 2.93. The van der Waals surface area contributed by atoms with Crippen molar-refractivity contribution in [2.45, 2.75) is 0 Å². The van der Waals surface area contributed by atoms with Gasteiger partial charge < -0.3 is 15.0 Å². The van der Waals surface area contributed by atoms with E-state index < -0.39 is 0 Å². The van der Waals surface area contributed by atoms with Crippen LogP contribution in [0.2, 0.25) is 0 Å². The molecule has 1 amide bonds. The number of pyridine rings is 1. The molecule has 1 aromatic carbocycles. The summed E-state index contributed by atoms with van der Waals surface area (Å²) in [4.78, 5) is 18.7. The van der Waals surface area contributed by atoms with Crippen LogP contribution in [-0.2, 0) is 4.74 Å². The molecule has 0 radical (unpaired) electrons. The molecule has 0 spiro atoms. The molecule has 0 saturated carbocycles. The predicted molar refractivity (Wildman–Crippen MR) is 89.4 cm³/mol. The third-order valence-electron chi connectivity index (χ3n) is 3.45. The van der Waals surface area contributed by atoms with Crippen molar-refractivity contribution in [3.8, 4) is 0 Å². The topological polar surface area (TPSA) is 54.5 Å². The lowest BCUT2D eigenvalue weighted by Gasteiger charge is -2.28. The molecule has 0 unspecified atom stereocenters.